The molecule has 2 aromatic carbocycles. The lowest BCUT2D eigenvalue weighted by atomic mass is 10.1. The molecule has 1 amide bonds. The number of rotatable bonds is 9. The maximum absolute atomic E-state index is 13.5. The summed E-state index contributed by atoms with van der Waals surface area (Å²) in [6, 6.07) is 8.15. The van der Waals surface area contributed by atoms with Crippen LogP contribution in [0.4, 0.5) is 4.39 Å². The summed E-state index contributed by atoms with van der Waals surface area (Å²) < 4.78 is 57.5. The van der Waals surface area contributed by atoms with Crippen LogP contribution < -0.4 is 14.2 Å². The van der Waals surface area contributed by atoms with Crippen LogP contribution in [0.1, 0.15) is 31.1 Å². The minimum absolute atomic E-state index is 0.100. The Kier molecular flexibility index (Phi) is 8.15. The molecular weight excluding hydrogens is 451 g/mol. The third-order valence-electron chi connectivity index (χ3n) is 5.12. The Morgan fingerprint density at radius 2 is 1.48 bits per heavy atom. The van der Waals surface area contributed by atoms with Gasteiger partial charge in [-0.3, -0.25) is 4.79 Å². The molecule has 1 aliphatic heterocycles. The van der Waals surface area contributed by atoms with Gasteiger partial charge >= 0.3 is 0 Å². The second-order valence-corrected chi connectivity index (χ2v) is 9.19. The minimum Gasteiger partial charge on any atom is -0.490 e. The van der Waals surface area contributed by atoms with Gasteiger partial charge < -0.3 is 19.1 Å². The standard InChI is InChI=1S/C23H29FN2O6S/c1-4-30-20-14-17(15-21(31-5-2)22(20)32-6-3)23(27)25-10-12-26(13-11-25)33(28,29)19-9-7-8-18(24)16-19/h7-9,14-16H,4-6,10-13H2,1-3H3. The third kappa shape index (κ3) is 5.56. The van der Waals surface area contributed by atoms with Crippen molar-refractivity contribution in [3.05, 3.63) is 47.8 Å². The first kappa shape index (κ1) is 24.8. The first-order valence-electron chi connectivity index (χ1n) is 10.9. The molecule has 1 aliphatic rings. The molecule has 0 unspecified atom stereocenters. The van der Waals surface area contributed by atoms with Gasteiger partial charge in [0.25, 0.3) is 5.91 Å². The van der Waals surface area contributed by atoms with Gasteiger partial charge in [-0.15, -0.1) is 0 Å². The van der Waals surface area contributed by atoms with Crippen molar-refractivity contribution >= 4 is 15.9 Å². The molecule has 33 heavy (non-hydrogen) atoms. The average molecular weight is 481 g/mol. The molecule has 2 aromatic rings. The lowest BCUT2D eigenvalue weighted by molar-refractivity contribution is 0.0696. The van der Waals surface area contributed by atoms with Crippen molar-refractivity contribution in [1.82, 2.24) is 9.21 Å². The van der Waals surface area contributed by atoms with Crippen LogP contribution in [0.2, 0.25) is 0 Å². The number of carbonyl (C=O) groups is 1. The second kappa shape index (κ2) is 10.8. The fourth-order valence-electron chi connectivity index (χ4n) is 3.60. The summed E-state index contributed by atoms with van der Waals surface area (Å²) in [5, 5.41) is 0. The lowest BCUT2D eigenvalue weighted by Gasteiger charge is -2.34. The van der Waals surface area contributed by atoms with E-state index in [4.69, 9.17) is 14.2 Å². The van der Waals surface area contributed by atoms with Crippen LogP contribution in [0.5, 0.6) is 17.2 Å². The molecule has 0 aromatic heterocycles. The molecule has 1 fully saturated rings. The topological polar surface area (TPSA) is 85.4 Å². The van der Waals surface area contributed by atoms with Crippen molar-refractivity contribution in [3.63, 3.8) is 0 Å². The highest BCUT2D eigenvalue weighted by molar-refractivity contribution is 7.89. The maximum Gasteiger partial charge on any atom is 0.254 e. The van der Waals surface area contributed by atoms with E-state index in [9.17, 15) is 17.6 Å². The highest BCUT2D eigenvalue weighted by Crippen LogP contribution is 2.39. The Morgan fingerprint density at radius 3 is 2.00 bits per heavy atom. The fraction of sp³-hybridized carbons (Fsp3) is 0.435. The Morgan fingerprint density at radius 1 is 0.909 bits per heavy atom. The smallest absolute Gasteiger partial charge is 0.254 e. The van der Waals surface area contributed by atoms with E-state index in [2.05, 4.69) is 0 Å². The molecule has 0 atom stereocenters. The summed E-state index contributed by atoms with van der Waals surface area (Å²) >= 11 is 0. The van der Waals surface area contributed by atoms with Crippen molar-refractivity contribution < 1.29 is 31.8 Å². The minimum atomic E-state index is -3.84. The zero-order valence-corrected chi connectivity index (χ0v) is 19.9. The summed E-state index contributed by atoms with van der Waals surface area (Å²) in [6.07, 6.45) is 0. The molecule has 3 rings (SSSR count). The molecule has 0 bridgehead atoms. The van der Waals surface area contributed by atoms with E-state index in [1.165, 1.54) is 22.5 Å². The molecule has 1 saturated heterocycles. The van der Waals surface area contributed by atoms with E-state index in [1.807, 2.05) is 20.8 Å². The molecule has 8 nitrogen and oxygen atoms in total. The molecule has 0 saturated carbocycles. The quantitative estimate of drug-likeness (QED) is 0.548. The van der Waals surface area contributed by atoms with E-state index in [-0.39, 0.29) is 37.0 Å². The van der Waals surface area contributed by atoms with Crippen molar-refractivity contribution in [2.24, 2.45) is 0 Å². The van der Waals surface area contributed by atoms with Gasteiger partial charge in [0, 0.05) is 31.7 Å². The van der Waals surface area contributed by atoms with Crippen molar-refractivity contribution in [1.29, 1.82) is 0 Å². The largest absolute Gasteiger partial charge is 0.490 e. The number of carbonyl (C=O) groups excluding carboxylic acids is 1. The summed E-state index contributed by atoms with van der Waals surface area (Å²) in [6.45, 7) is 7.34. The monoisotopic (exact) mass is 480 g/mol. The molecule has 0 spiro atoms. The highest BCUT2D eigenvalue weighted by Gasteiger charge is 2.31. The Labute approximate surface area is 193 Å². The number of sulfonamides is 1. The number of benzene rings is 2. The Bertz CT molecular complexity index is 1060. The summed E-state index contributed by atoms with van der Waals surface area (Å²) in [7, 11) is -3.84. The fourth-order valence-corrected chi connectivity index (χ4v) is 5.06. The van der Waals surface area contributed by atoms with Gasteiger partial charge in [-0.1, -0.05) is 6.07 Å². The molecule has 10 heteroatoms. The number of amides is 1. The van der Waals surface area contributed by atoms with E-state index in [1.54, 1.807) is 17.0 Å². The SMILES string of the molecule is CCOc1cc(C(=O)N2CCN(S(=O)(=O)c3cccc(F)c3)CC2)cc(OCC)c1OCC. The molecule has 0 N–H and O–H groups in total. The van der Waals surface area contributed by atoms with Gasteiger partial charge in [0.05, 0.1) is 24.7 Å². The third-order valence-corrected chi connectivity index (χ3v) is 7.01. The Balaban J connectivity index is 1.78. The average Bonchev–Trinajstić information content (AvgIpc) is 2.81. The van der Waals surface area contributed by atoms with Crippen molar-refractivity contribution in [2.45, 2.75) is 25.7 Å². The number of hydrogen-bond acceptors (Lipinski definition) is 6. The van der Waals surface area contributed by atoms with Crippen LogP contribution >= 0.6 is 0 Å². The normalized spacial score (nSPS) is 14.7. The number of piperazine rings is 1. The van der Waals surface area contributed by atoms with Gasteiger partial charge in [0.15, 0.2) is 11.5 Å². The van der Waals surface area contributed by atoms with Crippen LogP contribution in [0.15, 0.2) is 41.3 Å². The van der Waals surface area contributed by atoms with Crippen LogP contribution in [0, 0.1) is 5.82 Å². The van der Waals surface area contributed by atoms with Gasteiger partial charge in [0.1, 0.15) is 5.82 Å². The number of hydrogen-bond donors (Lipinski definition) is 0. The van der Waals surface area contributed by atoms with Gasteiger partial charge in [0.2, 0.25) is 15.8 Å². The van der Waals surface area contributed by atoms with Crippen LogP contribution in [0.3, 0.4) is 0 Å². The number of halogens is 1. The predicted molar refractivity (Wildman–Crippen MR) is 121 cm³/mol. The summed E-state index contributed by atoms with van der Waals surface area (Å²) in [5.41, 5.74) is 0.367. The van der Waals surface area contributed by atoms with Crippen LogP contribution in [0.25, 0.3) is 0 Å². The second-order valence-electron chi connectivity index (χ2n) is 7.25. The first-order chi connectivity index (χ1) is 15.8. The van der Waals surface area contributed by atoms with E-state index in [0.29, 0.717) is 42.6 Å². The zero-order valence-electron chi connectivity index (χ0n) is 19.0. The molecule has 0 aliphatic carbocycles. The lowest BCUT2D eigenvalue weighted by Crippen LogP contribution is -2.50. The summed E-state index contributed by atoms with van der Waals surface area (Å²) in [5.74, 6) is 0.407. The Hall–Kier alpha value is -2.85. The molecular formula is C23H29FN2O6S. The van der Waals surface area contributed by atoms with E-state index in [0.717, 1.165) is 6.07 Å². The van der Waals surface area contributed by atoms with Crippen LogP contribution in [-0.2, 0) is 10.0 Å². The number of ether oxygens (including phenoxy) is 3. The van der Waals surface area contributed by atoms with Gasteiger partial charge in [-0.25, -0.2) is 12.8 Å². The first-order valence-corrected chi connectivity index (χ1v) is 12.4. The maximum atomic E-state index is 13.5. The van der Waals surface area contributed by atoms with Crippen molar-refractivity contribution in [2.75, 3.05) is 46.0 Å². The predicted octanol–water partition coefficient (Wildman–Crippen LogP) is 3.17. The van der Waals surface area contributed by atoms with E-state index < -0.39 is 15.8 Å². The van der Waals surface area contributed by atoms with E-state index >= 15 is 0 Å². The summed E-state index contributed by atoms with van der Waals surface area (Å²) in [4.78, 5) is 14.7. The molecule has 180 valence electrons. The van der Waals surface area contributed by atoms with Gasteiger partial charge in [-0.05, 0) is 51.1 Å². The highest BCUT2D eigenvalue weighted by atomic mass is 32.2. The van der Waals surface area contributed by atoms with Gasteiger partial charge in [-0.2, -0.15) is 4.31 Å². The van der Waals surface area contributed by atoms with Crippen molar-refractivity contribution in [3.8, 4) is 17.2 Å². The van der Waals surface area contributed by atoms with Crippen LogP contribution in [-0.4, -0.2) is 69.5 Å². The zero-order chi connectivity index (χ0) is 24.0. The molecule has 1 heterocycles. The number of nitrogens with zero attached hydrogens (tertiary/aromatic N) is 2. The molecule has 0 radical (unpaired) electrons.